The third-order valence-corrected chi connectivity index (χ3v) is 1.04. The number of carboxylic acid groups (broad SMARTS) is 1. The van der Waals surface area contributed by atoms with Crippen LogP contribution >= 0.6 is 0 Å². The van der Waals surface area contributed by atoms with Crippen molar-refractivity contribution in [3.8, 4) is 0 Å². The number of aliphatic carboxylic acids is 1. The van der Waals surface area contributed by atoms with E-state index in [0.717, 1.165) is 0 Å². The Morgan fingerprint density at radius 2 is 2.20 bits per heavy atom. The Kier molecular flexibility index (Phi) is 4.63. The molecule has 0 amide bonds. The lowest BCUT2D eigenvalue weighted by atomic mass is 10.2. The summed E-state index contributed by atoms with van der Waals surface area (Å²) in [6.45, 7) is 4.10. The molecule has 0 unspecified atom stereocenters. The van der Waals surface area contributed by atoms with Crippen molar-refractivity contribution in [2.45, 2.75) is 26.7 Å². The fraction of sp³-hybridized carbons (Fsp3) is 0.625. The predicted octanol–water partition coefficient (Wildman–Crippen LogP) is 0.729. The summed E-state index contributed by atoms with van der Waals surface area (Å²) in [7, 11) is 0. The lowest BCUT2D eigenvalue weighted by Crippen LogP contribution is -2.21. The quantitative estimate of drug-likeness (QED) is 0.541. The van der Waals surface area contributed by atoms with Gasteiger partial charge < -0.3 is 9.90 Å². The molecular formula is C8H13O2-. The molecule has 0 rings (SSSR count). The van der Waals surface area contributed by atoms with Crippen LogP contribution in [0, 0.1) is 5.92 Å². The number of carbonyl (C=O) groups excluding carboxylic acids is 1. The summed E-state index contributed by atoms with van der Waals surface area (Å²) in [4.78, 5) is 9.90. The standard InChI is InChI=1S/C8H14O2/c1-7(2)5-3-4-6-8(9)10/h3,5,7H,4,6H2,1-2H3,(H,9,10)/p-1/b5-3+. The molecule has 0 aliphatic carbocycles. The van der Waals surface area contributed by atoms with Gasteiger partial charge in [0.2, 0.25) is 0 Å². The highest BCUT2D eigenvalue weighted by molar-refractivity contribution is 5.64. The van der Waals surface area contributed by atoms with E-state index >= 15 is 0 Å². The third kappa shape index (κ3) is 7.21. The lowest BCUT2D eigenvalue weighted by molar-refractivity contribution is -0.305. The van der Waals surface area contributed by atoms with E-state index < -0.39 is 5.97 Å². The van der Waals surface area contributed by atoms with Crippen molar-refractivity contribution in [1.82, 2.24) is 0 Å². The van der Waals surface area contributed by atoms with Crippen LogP contribution in [-0.4, -0.2) is 5.97 Å². The summed E-state index contributed by atoms with van der Waals surface area (Å²) in [5, 5.41) is 9.90. The van der Waals surface area contributed by atoms with Crippen LogP contribution in [0.5, 0.6) is 0 Å². The maximum absolute atomic E-state index is 9.90. The third-order valence-electron chi connectivity index (χ3n) is 1.04. The number of carboxylic acids is 1. The number of carbonyl (C=O) groups is 1. The second-order valence-electron chi connectivity index (χ2n) is 2.58. The molecule has 0 heterocycles. The van der Waals surface area contributed by atoms with Gasteiger partial charge in [-0.25, -0.2) is 0 Å². The normalized spacial score (nSPS) is 11.1. The Balaban J connectivity index is 3.27. The Morgan fingerprint density at radius 3 is 2.60 bits per heavy atom. The van der Waals surface area contributed by atoms with E-state index in [0.29, 0.717) is 12.3 Å². The molecule has 0 atom stereocenters. The molecule has 0 aliphatic rings. The number of hydrogen-bond donors (Lipinski definition) is 0. The van der Waals surface area contributed by atoms with Crippen LogP contribution in [0.4, 0.5) is 0 Å². The molecule has 0 saturated heterocycles. The van der Waals surface area contributed by atoms with E-state index in [1.807, 2.05) is 12.2 Å². The van der Waals surface area contributed by atoms with E-state index in [-0.39, 0.29) is 6.42 Å². The minimum atomic E-state index is -0.978. The van der Waals surface area contributed by atoms with Crippen molar-refractivity contribution in [1.29, 1.82) is 0 Å². The number of allylic oxidation sites excluding steroid dienone is 2. The summed E-state index contributed by atoms with van der Waals surface area (Å²) in [5.74, 6) is -0.477. The zero-order valence-electron chi connectivity index (χ0n) is 6.46. The first kappa shape index (κ1) is 9.21. The van der Waals surface area contributed by atoms with E-state index in [1.165, 1.54) is 0 Å². The molecule has 2 nitrogen and oxygen atoms in total. The maximum Gasteiger partial charge on any atom is 0.0417 e. The van der Waals surface area contributed by atoms with Crippen LogP contribution in [0.2, 0.25) is 0 Å². The van der Waals surface area contributed by atoms with Gasteiger partial charge in [0.05, 0.1) is 0 Å². The van der Waals surface area contributed by atoms with Crippen LogP contribution in [0.1, 0.15) is 26.7 Å². The van der Waals surface area contributed by atoms with Gasteiger partial charge in [-0.05, 0) is 18.8 Å². The average molecular weight is 141 g/mol. The highest BCUT2D eigenvalue weighted by atomic mass is 16.4. The van der Waals surface area contributed by atoms with Gasteiger partial charge in [-0.15, -0.1) is 0 Å². The fourth-order valence-corrected chi connectivity index (χ4v) is 0.570. The monoisotopic (exact) mass is 141 g/mol. The molecule has 0 saturated carbocycles. The van der Waals surface area contributed by atoms with E-state index in [1.54, 1.807) is 0 Å². The van der Waals surface area contributed by atoms with E-state index in [2.05, 4.69) is 13.8 Å². The molecule has 0 spiro atoms. The van der Waals surface area contributed by atoms with Crippen molar-refractivity contribution < 1.29 is 9.90 Å². The Labute approximate surface area is 61.6 Å². The van der Waals surface area contributed by atoms with Gasteiger partial charge in [0.15, 0.2) is 0 Å². The molecule has 2 heteroatoms. The Hall–Kier alpha value is -0.790. The molecule has 58 valence electrons. The number of rotatable bonds is 4. The predicted molar refractivity (Wildman–Crippen MR) is 38.2 cm³/mol. The van der Waals surface area contributed by atoms with Crippen LogP contribution < -0.4 is 5.11 Å². The SMILES string of the molecule is CC(C)/C=C/CCC(=O)[O-]. The van der Waals surface area contributed by atoms with E-state index in [4.69, 9.17) is 0 Å². The van der Waals surface area contributed by atoms with Crippen LogP contribution in [0.3, 0.4) is 0 Å². The molecule has 0 aliphatic heterocycles. The zero-order chi connectivity index (χ0) is 7.98. The van der Waals surface area contributed by atoms with Crippen molar-refractivity contribution in [3.05, 3.63) is 12.2 Å². The first-order chi connectivity index (χ1) is 4.63. The topological polar surface area (TPSA) is 40.1 Å². The molecular weight excluding hydrogens is 128 g/mol. The number of hydrogen-bond acceptors (Lipinski definition) is 2. The van der Waals surface area contributed by atoms with Gasteiger partial charge in [0.1, 0.15) is 0 Å². The van der Waals surface area contributed by atoms with Gasteiger partial charge >= 0.3 is 0 Å². The molecule has 0 aromatic rings. The van der Waals surface area contributed by atoms with Crippen LogP contribution in [-0.2, 0) is 4.79 Å². The summed E-state index contributed by atoms with van der Waals surface area (Å²) in [6, 6.07) is 0. The molecule has 0 aromatic carbocycles. The minimum absolute atomic E-state index is 0.128. The van der Waals surface area contributed by atoms with Crippen LogP contribution in [0.15, 0.2) is 12.2 Å². The second kappa shape index (κ2) is 5.03. The van der Waals surface area contributed by atoms with Gasteiger partial charge in [-0.2, -0.15) is 0 Å². The maximum atomic E-state index is 9.90. The molecule has 0 bridgehead atoms. The van der Waals surface area contributed by atoms with Crippen molar-refractivity contribution in [2.24, 2.45) is 5.92 Å². The fourth-order valence-electron chi connectivity index (χ4n) is 0.570. The molecule has 0 N–H and O–H groups in total. The first-order valence-corrected chi connectivity index (χ1v) is 3.49. The highest BCUT2D eigenvalue weighted by Gasteiger charge is 1.84. The van der Waals surface area contributed by atoms with E-state index in [9.17, 15) is 9.90 Å². The molecule has 0 fully saturated rings. The summed E-state index contributed by atoms with van der Waals surface area (Å²) in [5.41, 5.74) is 0. The highest BCUT2D eigenvalue weighted by Crippen LogP contribution is 1.96. The van der Waals surface area contributed by atoms with Crippen LogP contribution in [0.25, 0.3) is 0 Å². The largest absolute Gasteiger partial charge is 0.550 e. The average Bonchev–Trinajstić information content (AvgIpc) is 1.79. The summed E-state index contributed by atoms with van der Waals surface area (Å²) >= 11 is 0. The molecule has 10 heavy (non-hydrogen) atoms. The molecule has 0 aromatic heterocycles. The van der Waals surface area contributed by atoms with Crippen molar-refractivity contribution in [2.75, 3.05) is 0 Å². The second-order valence-corrected chi connectivity index (χ2v) is 2.58. The summed E-state index contributed by atoms with van der Waals surface area (Å²) < 4.78 is 0. The minimum Gasteiger partial charge on any atom is -0.550 e. The van der Waals surface area contributed by atoms with Crippen molar-refractivity contribution in [3.63, 3.8) is 0 Å². The van der Waals surface area contributed by atoms with Gasteiger partial charge in [-0.3, -0.25) is 0 Å². The van der Waals surface area contributed by atoms with Crippen molar-refractivity contribution >= 4 is 5.97 Å². The Bertz CT molecular complexity index is 125. The lowest BCUT2D eigenvalue weighted by Gasteiger charge is -1.96. The van der Waals surface area contributed by atoms with Gasteiger partial charge in [-0.1, -0.05) is 26.0 Å². The molecule has 0 radical (unpaired) electrons. The zero-order valence-corrected chi connectivity index (χ0v) is 6.46. The first-order valence-electron chi connectivity index (χ1n) is 3.49. The Morgan fingerprint density at radius 1 is 1.60 bits per heavy atom. The van der Waals surface area contributed by atoms with Gasteiger partial charge in [0, 0.05) is 5.97 Å². The smallest absolute Gasteiger partial charge is 0.0417 e. The van der Waals surface area contributed by atoms with Gasteiger partial charge in [0.25, 0.3) is 0 Å². The summed E-state index contributed by atoms with van der Waals surface area (Å²) in [6.07, 6.45) is 4.58.